The van der Waals surface area contributed by atoms with Crippen molar-refractivity contribution in [1.82, 2.24) is 9.47 Å². The lowest BCUT2D eigenvalue weighted by atomic mass is 9.83. The van der Waals surface area contributed by atoms with Crippen LogP contribution < -0.4 is 10.8 Å². The summed E-state index contributed by atoms with van der Waals surface area (Å²) in [6.45, 7) is 3.26. The summed E-state index contributed by atoms with van der Waals surface area (Å²) in [5.41, 5.74) is 1.94. The monoisotopic (exact) mass is 392 g/mol. The zero-order valence-corrected chi connectivity index (χ0v) is 15.9. The summed E-state index contributed by atoms with van der Waals surface area (Å²) in [6.07, 6.45) is 1.12. The van der Waals surface area contributed by atoms with E-state index in [1.54, 1.807) is 30.3 Å². The van der Waals surface area contributed by atoms with Crippen LogP contribution in [0.1, 0.15) is 23.8 Å². The van der Waals surface area contributed by atoms with Crippen LogP contribution in [0.15, 0.2) is 63.8 Å². The Hall–Kier alpha value is -2.87. The first kappa shape index (κ1) is 18.2. The van der Waals surface area contributed by atoms with Crippen molar-refractivity contribution < 1.29 is 9.62 Å². The predicted octanol–water partition coefficient (Wildman–Crippen LogP) is 3.42. The highest BCUT2D eigenvalue weighted by Gasteiger charge is 2.34. The van der Waals surface area contributed by atoms with Gasteiger partial charge in [0.1, 0.15) is 11.5 Å². The zero-order valence-electron chi connectivity index (χ0n) is 15.9. The topological polar surface area (TPSA) is 84.9 Å². The van der Waals surface area contributed by atoms with Crippen LogP contribution in [0.3, 0.4) is 0 Å². The molecule has 7 heteroatoms. The molecule has 1 aromatic carbocycles. The van der Waals surface area contributed by atoms with Crippen LogP contribution in [0.2, 0.25) is 0 Å². The molecule has 2 aromatic heterocycles. The van der Waals surface area contributed by atoms with Crippen LogP contribution in [0.5, 0.6) is 0 Å². The predicted molar refractivity (Wildman–Crippen MR) is 109 cm³/mol. The Morgan fingerprint density at radius 3 is 2.79 bits per heavy atom. The molecule has 3 aromatic rings. The Morgan fingerprint density at radius 1 is 1.07 bits per heavy atom. The van der Waals surface area contributed by atoms with Gasteiger partial charge in [0.15, 0.2) is 0 Å². The second-order valence-corrected chi connectivity index (χ2v) is 7.95. The third kappa shape index (κ3) is 3.37. The number of piperidine rings is 1. The third-order valence-corrected chi connectivity index (χ3v) is 5.97. The van der Waals surface area contributed by atoms with Crippen molar-refractivity contribution in [1.29, 1.82) is 0 Å². The number of aromatic nitrogens is 1. The van der Waals surface area contributed by atoms with E-state index < -0.39 is 0 Å². The maximum absolute atomic E-state index is 12.2. The van der Waals surface area contributed by atoms with Crippen molar-refractivity contribution in [3.63, 3.8) is 0 Å². The fourth-order valence-corrected chi connectivity index (χ4v) is 4.80. The molecule has 2 atom stereocenters. The van der Waals surface area contributed by atoms with Crippen LogP contribution in [0, 0.1) is 11.1 Å². The number of anilines is 1. The number of nitrogens with zero attached hydrogens (tertiary/aromatic N) is 3. The highest BCUT2D eigenvalue weighted by atomic mass is 16.8. The number of para-hydroxylation sites is 1. The second kappa shape index (κ2) is 7.18. The Balaban J connectivity index is 1.35. The number of pyridine rings is 1. The highest BCUT2D eigenvalue weighted by molar-refractivity contribution is 5.74. The van der Waals surface area contributed by atoms with Crippen molar-refractivity contribution in [3.05, 3.63) is 81.6 Å². The molecule has 2 unspecified atom stereocenters. The molecule has 5 rings (SSSR count). The number of rotatable bonds is 4. The van der Waals surface area contributed by atoms with Gasteiger partial charge in [-0.15, -0.1) is 0 Å². The normalized spacial score (nSPS) is 21.0. The van der Waals surface area contributed by atoms with E-state index >= 15 is 0 Å². The Kier molecular flexibility index (Phi) is 4.50. The van der Waals surface area contributed by atoms with Crippen molar-refractivity contribution in [2.24, 2.45) is 5.92 Å². The molecule has 0 amide bonds. The van der Waals surface area contributed by atoms with Gasteiger partial charge >= 0.3 is 0 Å². The molecule has 0 aliphatic carbocycles. The van der Waals surface area contributed by atoms with Gasteiger partial charge < -0.3 is 19.4 Å². The van der Waals surface area contributed by atoms with E-state index in [1.807, 2.05) is 22.8 Å². The van der Waals surface area contributed by atoms with E-state index in [-0.39, 0.29) is 16.5 Å². The Bertz CT molecular complexity index is 1090. The van der Waals surface area contributed by atoms with Crippen LogP contribution in [-0.4, -0.2) is 27.8 Å². The molecule has 4 heterocycles. The summed E-state index contributed by atoms with van der Waals surface area (Å²) < 4.78 is 7.93. The SMILES string of the molecule is O=c1cccc2n1CC1CC2CN(Cc2ccc(-c3ccccc3N([O-])O)o2)C1. The van der Waals surface area contributed by atoms with Crippen LogP contribution in [0.25, 0.3) is 11.3 Å². The highest BCUT2D eigenvalue weighted by Crippen LogP contribution is 2.36. The van der Waals surface area contributed by atoms with E-state index in [0.29, 0.717) is 29.7 Å². The molecular weight excluding hydrogens is 370 g/mol. The second-order valence-electron chi connectivity index (χ2n) is 7.95. The molecule has 1 N–H and O–H groups in total. The van der Waals surface area contributed by atoms with Crippen molar-refractivity contribution in [2.45, 2.75) is 25.4 Å². The smallest absolute Gasteiger partial charge is 0.250 e. The maximum Gasteiger partial charge on any atom is 0.250 e. The fourth-order valence-electron chi connectivity index (χ4n) is 4.80. The number of furan rings is 1. The number of hydrogen-bond donors (Lipinski definition) is 1. The molecule has 29 heavy (non-hydrogen) atoms. The summed E-state index contributed by atoms with van der Waals surface area (Å²) in [6, 6.07) is 16.1. The minimum atomic E-state index is -0.136. The van der Waals surface area contributed by atoms with Crippen LogP contribution in [0.4, 0.5) is 5.69 Å². The molecule has 2 bridgehead atoms. The van der Waals surface area contributed by atoms with E-state index in [9.17, 15) is 15.2 Å². The molecule has 1 saturated heterocycles. The first-order valence-electron chi connectivity index (χ1n) is 9.85. The average Bonchev–Trinajstić information content (AvgIpc) is 3.17. The van der Waals surface area contributed by atoms with E-state index in [2.05, 4.69) is 11.0 Å². The number of hydrogen-bond acceptors (Lipinski definition) is 6. The summed E-state index contributed by atoms with van der Waals surface area (Å²) in [5.74, 6) is 2.19. The maximum atomic E-state index is 12.2. The van der Waals surface area contributed by atoms with Crippen LogP contribution in [-0.2, 0) is 13.1 Å². The van der Waals surface area contributed by atoms with Gasteiger partial charge in [-0.1, -0.05) is 18.2 Å². The largest absolute Gasteiger partial charge is 0.733 e. The Labute approximate surface area is 167 Å². The third-order valence-electron chi connectivity index (χ3n) is 5.97. The van der Waals surface area contributed by atoms with Gasteiger partial charge in [-0.05, 0) is 42.7 Å². The van der Waals surface area contributed by atoms with Gasteiger partial charge in [-0.3, -0.25) is 14.9 Å². The zero-order chi connectivity index (χ0) is 20.0. The van der Waals surface area contributed by atoms with Crippen molar-refractivity contribution >= 4 is 5.69 Å². The molecule has 2 aliphatic heterocycles. The minimum absolute atomic E-state index is 0.0938. The molecule has 2 aliphatic rings. The van der Waals surface area contributed by atoms with Crippen molar-refractivity contribution in [3.8, 4) is 11.3 Å². The van der Waals surface area contributed by atoms with Gasteiger partial charge in [0.05, 0.1) is 12.2 Å². The first-order valence-corrected chi connectivity index (χ1v) is 9.85. The van der Waals surface area contributed by atoms with Crippen LogP contribution >= 0.6 is 0 Å². The molecule has 0 radical (unpaired) electrons. The van der Waals surface area contributed by atoms with E-state index in [4.69, 9.17) is 4.42 Å². The van der Waals surface area contributed by atoms with E-state index in [1.165, 1.54) is 0 Å². The van der Waals surface area contributed by atoms with Gasteiger partial charge in [0.2, 0.25) is 0 Å². The molecular formula is C22H22N3O4-. The lowest BCUT2D eigenvalue weighted by Gasteiger charge is -2.42. The summed E-state index contributed by atoms with van der Waals surface area (Å²) in [7, 11) is 0. The quantitative estimate of drug-likeness (QED) is 0.685. The summed E-state index contributed by atoms with van der Waals surface area (Å²) >= 11 is 0. The van der Waals surface area contributed by atoms with Gasteiger partial charge in [0.25, 0.3) is 5.56 Å². The van der Waals surface area contributed by atoms with E-state index in [0.717, 1.165) is 37.5 Å². The lowest BCUT2D eigenvalue weighted by molar-refractivity contribution is 0.108. The lowest BCUT2D eigenvalue weighted by Crippen LogP contribution is -2.46. The number of benzene rings is 1. The minimum Gasteiger partial charge on any atom is -0.733 e. The van der Waals surface area contributed by atoms with Gasteiger partial charge in [-0.25, -0.2) is 0 Å². The van der Waals surface area contributed by atoms with Gasteiger partial charge in [0, 0.05) is 42.9 Å². The number of fused-ring (bicyclic) bond motifs is 4. The fraction of sp³-hybridized carbons (Fsp3) is 0.318. The summed E-state index contributed by atoms with van der Waals surface area (Å²) in [4.78, 5) is 14.5. The van der Waals surface area contributed by atoms with Crippen molar-refractivity contribution in [2.75, 3.05) is 18.3 Å². The summed E-state index contributed by atoms with van der Waals surface area (Å²) in [5, 5.41) is 20.6. The molecule has 0 saturated carbocycles. The molecule has 7 nitrogen and oxygen atoms in total. The number of likely N-dealkylation sites (tertiary alicyclic amines) is 1. The molecule has 150 valence electrons. The standard InChI is InChI=1S/C22H22N3O4/c26-22-7-3-6-19-16-10-15(12-24(19)22)11-23(13-16)14-17-8-9-21(29-17)18-4-1-2-5-20(18)25(27)28/h1-9,15-16,27H,10-14H2/q-1. The average molecular weight is 392 g/mol. The molecule has 0 spiro atoms. The Morgan fingerprint density at radius 2 is 1.93 bits per heavy atom. The van der Waals surface area contributed by atoms with Gasteiger partial charge in [-0.2, -0.15) is 0 Å². The first-order chi connectivity index (χ1) is 14.1. The molecule has 1 fully saturated rings.